The number of pyridine rings is 1. The topological polar surface area (TPSA) is 51.0 Å². The largest absolute Gasteiger partial charge is 0.309 e. The molecule has 21 heavy (non-hydrogen) atoms. The van der Waals surface area contributed by atoms with Crippen molar-refractivity contribution in [3.05, 3.63) is 35.3 Å². The highest BCUT2D eigenvalue weighted by molar-refractivity contribution is 9.10. The van der Waals surface area contributed by atoms with Crippen LogP contribution in [0.1, 0.15) is 13.3 Å². The zero-order chi connectivity index (χ0) is 15.2. The van der Waals surface area contributed by atoms with Crippen LogP contribution in [-0.4, -0.2) is 39.2 Å². The third-order valence-corrected chi connectivity index (χ3v) is 4.17. The second-order valence-corrected chi connectivity index (χ2v) is 6.08. The van der Waals surface area contributed by atoms with Gasteiger partial charge in [-0.15, -0.1) is 0 Å². The van der Waals surface area contributed by atoms with Gasteiger partial charge in [0.05, 0.1) is 23.8 Å². The number of rotatable bonds is 6. The van der Waals surface area contributed by atoms with Gasteiger partial charge in [0.15, 0.2) is 4.60 Å². The summed E-state index contributed by atoms with van der Waals surface area (Å²) in [6.07, 6.45) is 7.82. The van der Waals surface area contributed by atoms with E-state index in [1.807, 2.05) is 31.5 Å². The van der Waals surface area contributed by atoms with Crippen molar-refractivity contribution in [3.8, 4) is 5.69 Å². The molecule has 7 heteroatoms. The van der Waals surface area contributed by atoms with Gasteiger partial charge in [0.2, 0.25) is 5.91 Å². The predicted octanol–water partition coefficient (Wildman–Crippen LogP) is 3.14. The molecule has 112 valence electrons. The average molecular weight is 369 g/mol. The van der Waals surface area contributed by atoms with Crippen molar-refractivity contribution in [2.75, 3.05) is 23.5 Å². The van der Waals surface area contributed by atoms with Crippen LogP contribution in [0.5, 0.6) is 0 Å². The Morgan fingerprint density at radius 2 is 2.33 bits per heavy atom. The summed E-state index contributed by atoms with van der Waals surface area (Å²) in [5, 5.41) is 4.41. The molecule has 0 fully saturated rings. The number of nitrogens with zero attached hydrogens (tertiary/aromatic N) is 4. The van der Waals surface area contributed by atoms with Crippen molar-refractivity contribution >= 4 is 39.3 Å². The highest BCUT2D eigenvalue weighted by Gasteiger charge is 2.19. The number of anilines is 1. The molecular formula is C14H17BrN4OS. The molecular weight excluding hydrogens is 352 g/mol. The fourth-order valence-corrected chi connectivity index (χ4v) is 2.82. The van der Waals surface area contributed by atoms with Gasteiger partial charge in [0, 0.05) is 24.9 Å². The maximum atomic E-state index is 12.3. The number of halogens is 1. The van der Waals surface area contributed by atoms with Crippen LogP contribution in [0.4, 0.5) is 5.69 Å². The van der Waals surface area contributed by atoms with Gasteiger partial charge in [-0.25, -0.2) is 4.68 Å². The van der Waals surface area contributed by atoms with E-state index in [9.17, 15) is 4.79 Å². The number of aromatic nitrogens is 3. The average Bonchev–Trinajstić information content (AvgIpc) is 2.89. The Morgan fingerprint density at radius 1 is 1.52 bits per heavy atom. The normalized spacial score (nSPS) is 10.6. The molecule has 0 bridgehead atoms. The molecule has 2 heterocycles. The standard InChI is InChI=1S/C14H17BrN4OS/c1-3-18(13(20)6-8-21-2)12-10-19(17-14(12)15)11-5-4-7-16-9-11/h4-5,7,9-10H,3,6,8H2,1-2H3. The molecule has 0 radical (unpaired) electrons. The lowest BCUT2D eigenvalue weighted by Gasteiger charge is -2.19. The molecule has 1 amide bonds. The van der Waals surface area contributed by atoms with Gasteiger partial charge in [-0.05, 0) is 41.2 Å². The van der Waals surface area contributed by atoms with Crippen molar-refractivity contribution in [1.29, 1.82) is 0 Å². The second-order valence-electron chi connectivity index (χ2n) is 4.34. The van der Waals surface area contributed by atoms with E-state index in [0.29, 0.717) is 17.6 Å². The van der Waals surface area contributed by atoms with E-state index in [-0.39, 0.29) is 5.91 Å². The lowest BCUT2D eigenvalue weighted by molar-refractivity contribution is -0.118. The number of carbonyl (C=O) groups excluding carboxylic acids is 1. The number of hydrogen-bond acceptors (Lipinski definition) is 4. The minimum Gasteiger partial charge on any atom is -0.309 e. The zero-order valence-corrected chi connectivity index (χ0v) is 14.4. The van der Waals surface area contributed by atoms with Crippen molar-refractivity contribution < 1.29 is 4.79 Å². The summed E-state index contributed by atoms with van der Waals surface area (Å²) in [6, 6.07) is 3.77. The first kappa shape index (κ1) is 16.0. The van der Waals surface area contributed by atoms with E-state index in [0.717, 1.165) is 17.1 Å². The molecule has 5 nitrogen and oxygen atoms in total. The van der Waals surface area contributed by atoms with Crippen LogP contribution in [0, 0.1) is 0 Å². The Balaban J connectivity index is 2.27. The van der Waals surface area contributed by atoms with Gasteiger partial charge in [-0.1, -0.05) is 0 Å². The zero-order valence-electron chi connectivity index (χ0n) is 12.0. The fraction of sp³-hybridized carbons (Fsp3) is 0.357. The summed E-state index contributed by atoms with van der Waals surface area (Å²) < 4.78 is 2.38. The van der Waals surface area contributed by atoms with Crippen molar-refractivity contribution in [3.63, 3.8) is 0 Å². The molecule has 0 aliphatic rings. The highest BCUT2D eigenvalue weighted by Crippen LogP contribution is 2.27. The lowest BCUT2D eigenvalue weighted by atomic mass is 10.3. The minimum absolute atomic E-state index is 0.110. The highest BCUT2D eigenvalue weighted by atomic mass is 79.9. The van der Waals surface area contributed by atoms with Crippen molar-refractivity contribution in [2.45, 2.75) is 13.3 Å². The summed E-state index contributed by atoms with van der Waals surface area (Å²) in [5.74, 6) is 0.933. The summed E-state index contributed by atoms with van der Waals surface area (Å²) >= 11 is 5.11. The molecule has 0 aromatic carbocycles. The number of hydrogen-bond donors (Lipinski definition) is 0. The Bertz CT molecular complexity index is 602. The summed E-state index contributed by atoms with van der Waals surface area (Å²) in [4.78, 5) is 18.1. The van der Waals surface area contributed by atoms with Crippen molar-refractivity contribution in [2.24, 2.45) is 0 Å². The minimum atomic E-state index is 0.110. The first-order chi connectivity index (χ1) is 10.2. The lowest BCUT2D eigenvalue weighted by Crippen LogP contribution is -2.30. The van der Waals surface area contributed by atoms with E-state index in [1.54, 1.807) is 33.7 Å². The van der Waals surface area contributed by atoms with Crippen molar-refractivity contribution in [1.82, 2.24) is 14.8 Å². The molecule has 2 aromatic rings. The van der Waals surface area contributed by atoms with Gasteiger partial charge in [0.25, 0.3) is 0 Å². The van der Waals surface area contributed by atoms with Crippen LogP contribution in [0.25, 0.3) is 5.69 Å². The van der Waals surface area contributed by atoms with E-state index in [2.05, 4.69) is 26.0 Å². The molecule has 0 aliphatic heterocycles. The second kappa shape index (κ2) is 7.61. The summed E-state index contributed by atoms with van der Waals surface area (Å²) in [7, 11) is 0. The van der Waals surface area contributed by atoms with Gasteiger partial charge in [0.1, 0.15) is 0 Å². The maximum Gasteiger partial charge on any atom is 0.227 e. The van der Waals surface area contributed by atoms with Crippen LogP contribution < -0.4 is 4.90 Å². The van der Waals surface area contributed by atoms with E-state index >= 15 is 0 Å². The predicted molar refractivity (Wildman–Crippen MR) is 90.1 cm³/mol. The molecule has 0 spiro atoms. The Hall–Kier alpha value is -1.34. The third kappa shape index (κ3) is 3.85. The first-order valence-electron chi connectivity index (χ1n) is 6.62. The fourth-order valence-electron chi connectivity index (χ4n) is 1.95. The first-order valence-corrected chi connectivity index (χ1v) is 8.81. The molecule has 0 unspecified atom stereocenters. The monoisotopic (exact) mass is 368 g/mol. The molecule has 0 saturated carbocycles. The molecule has 0 N–H and O–H groups in total. The van der Waals surface area contributed by atoms with Crippen LogP contribution >= 0.6 is 27.7 Å². The van der Waals surface area contributed by atoms with E-state index in [1.165, 1.54) is 0 Å². The Kier molecular flexibility index (Phi) is 5.81. The number of carbonyl (C=O) groups is 1. The van der Waals surface area contributed by atoms with Gasteiger partial charge in [-0.3, -0.25) is 9.78 Å². The van der Waals surface area contributed by atoms with E-state index < -0.39 is 0 Å². The van der Waals surface area contributed by atoms with Gasteiger partial charge < -0.3 is 4.90 Å². The van der Waals surface area contributed by atoms with Crippen LogP contribution in [0.15, 0.2) is 35.3 Å². The van der Waals surface area contributed by atoms with Crippen LogP contribution in [0.2, 0.25) is 0 Å². The summed E-state index contributed by atoms with van der Waals surface area (Å²) in [6.45, 7) is 2.58. The third-order valence-electron chi connectivity index (χ3n) is 2.99. The summed E-state index contributed by atoms with van der Waals surface area (Å²) in [5.41, 5.74) is 1.64. The van der Waals surface area contributed by atoms with E-state index in [4.69, 9.17) is 0 Å². The molecule has 0 atom stereocenters. The maximum absolute atomic E-state index is 12.3. The Labute approximate surface area is 136 Å². The quantitative estimate of drug-likeness (QED) is 0.785. The molecule has 0 saturated heterocycles. The molecule has 0 aliphatic carbocycles. The smallest absolute Gasteiger partial charge is 0.227 e. The van der Waals surface area contributed by atoms with Gasteiger partial charge in [-0.2, -0.15) is 16.9 Å². The van der Waals surface area contributed by atoms with Crippen LogP contribution in [-0.2, 0) is 4.79 Å². The number of amides is 1. The SMILES string of the molecule is CCN(C(=O)CCSC)c1cn(-c2cccnc2)nc1Br. The van der Waals surface area contributed by atoms with Gasteiger partial charge >= 0.3 is 0 Å². The Morgan fingerprint density at radius 3 is 2.95 bits per heavy atom. The number of thioether (sulfide) groups is 1. The molecule has 2 rings (SSSR count). The molecule has 2 aromatic heterocycles. The van der Waals surface area contributed by atoms with Crippen LogP contribution in [0.3, 0.4) is 0 Å².